The van der Waals surface area contributed by atoms with Crippen molar-refractivity contribution in [1.29, 1.82) is 0 Å². The van der Waals surface area contributed by atoms with E-state index in [0.29, 0.717) is 0 Å². The summed E-state index contributed by atoms with van der Waals surface area (Å²) in [5.74, 6) is 0.283. The lowest BCUT2D eigenvalue weighted by molar-refractivity contribution is -0.130. The average molecular weight is 308 g/mol. The van der Waals surface area contributed by atoms with Gasteiger partial charge in [-0.05, 0) is 29.7 Å². The molecule has 0 aromatic carbocycles. The highest BCUT2D eigenvalue weighted by atomic mass is 32.1. The number of nitrogens with one attached hydrogen (secondary N) is 1. The summed E-state index contributed by atoms with van der Waals surface area (Å²) < 4.78 is 0. The number of unbranched alkanes of at least 4 members (excludes halogenated alkanes) is 1. The van der Waals surface area contributed by atoms with Crippen molar-refractivity contribution in [2.24, 2.45) is 5.41 Å². The van der Waals surface area contributed by atoms with Crippen LogP contribution in [0, 0.1) is 5.41 Å². The highest BCUT2D eigenvalue weighted by molar-refractivity contribution is 7.10. The van der Waals surface area contributed by atoms with Crippen LogP contribution in [0.15, 0.2) is 17.5 Å². The third kappa shape index (κ3) is 4.30. The lowest BCUT2D eigenvalue weighted by atomic mass is 9.92. The van der Waals surface area contributed by atoms with E-state index in [1.54, 1.807) is 11.3 Å². The summed E-state index contributed by atoms with van der Waals surface area (Å²) in [6, 6.07) is 4.19. The molecule has 1 aromatic heterocycles. The Morgan fingerprint density at radius 2 is 2.14 bits per heavy atom. The minimum Gasteiger partial charge on any atom is -0.321 e. The van der Waals surface area contributed by atoms with E-state index in [9.17, 15) is 4.79 Å². The number of nitrogens with zero attached hydrogens (tertiary/aromatic N) is 1. The molecule has 2 atom stereocenters. The molecule has 0 radical (unpaired) electrons. The maximum atomic E-state index is 12.7. The molecule has 118 valence electrons. The minimum absolute atomic E-state index is 0.00276. The Morgan fingerprint density at radius 1 is 1.38 bits per heavy atom. The molecule has 1 aliphatic rings. The second-order valence-electron chi connectivity index (χ2n) is 7.12. The van der Waals surface area contributed by atoms with Gasteiger partial charge in [0.2, 0.25) is 5.91 Å². The molecule has 0 aliphatic carbocycles. The standard InChI is InChI=1S/C17H28N2OS/c1-5-6-8-13-16(20)19(11-10-17(2,3)4)15(18-13)14-9-7-12-21-14/h7,9,12-13,15,18H,5-6,8,10-11H2,1-4H3. The molecule has 2 rings (SSSR count). The number of hydrogen-bond donors (Lipinski definition) is 1. The van der Waals surface area contributed by atoms with Gasteiger partial charge < -0.3 is 4.90 Å². The van der Waals surface area contributed by atoms with Crippen molar-refractivity contribution in [3.63, 3.8) is 0 Å². The van der Waals surface area contributed by atoms with E-state index in [2.05, 4.69) is 55.4 Å². The Hall–Kier alpha value is -0.870. The van der Waals surface area contributed by atoms with E-state index >= 15 is 0 Å². The zero-order valence-corrected chi connectivity index (χ0v) is 14.5. The molecule has 0 saturated carbocycles. The van der Waals surface area contributed by atoms with E-state index in [-0.39, 0.29) is 23.5 Å². The zero-order chi connectivity index (χ0) is 15.5. The summed E-state index contributed by atoms with van der Waals surface area (Å²) in [4.78, 5) is 16.0. The summed E-state index contributed by atoms with van der Waals surface area (Å²) in [5.41, 5.74) is 0.252. The van der Waals surface area contributed by atoms with Crippen LogP contribution in [0.2, 0.25) is 0 Å². The van der Waals surface area contributed by atoms with E-state index in [4.69, 9.17) is 0 Å². The van der Waals surface area contributed by atoms with Gasteiger partial charge in [0, 0.05) is 11.4 Å². The predicted octanol–water partition coefficient (Wildman–Crippen LogP) is 4.17. The third-order valence-electron chi connectivity index (χ3n) is 4.01. The third-order valence-corrected chi connectivity index (χ3v) is 4.94. The maximum absolute atomic E-state index is 12.7. The molecule has 1 aliphatic heterocycles. The summed E-state index contributed by atoms with van der Waals surface area (Å²) in [7, 11) is 0. The fourth-order valence-electron chi connectivity index (χ4n) is 2.67. The number of amides is 1. The highest BCUT2D eigenvalue weighted by Gasteiger charge is 2.39. The zero-order valence-electron chi connectivity index (χ0n) is 13.7. The normalized spacial score (nSPS) is 23.0. The van der Waals surface area contributed by atoms with Crippen LogP contribution in [0.4, 0.5) is 0 Å². The van der Waals surface area contributed by atoms with Crippen LogP contribution in [0.3, 0.4) is 0 Å². The van der Waals surface area contributed by atoms with E-state index < -0.39 is 0 Å². The Bertz CT molecular complexity index is 450. The summed E-state index contributed by atoms with van der Waals surface area (Å²) in [5, 5.41) is 5.64. The van der Waals surface area contributed by atoms with Crippen LogP contribution in [-0.4, -0.2) is 23.4 Å². The van der Waals surface area contributed by atoms with E-state index in [1.807, 2.05) is 0 Å². The SMILES string of the molecule is CCCCC1NC(c2cccs2)N(CCC(C)(C)C)C1=O. The number of hydrogen-bond acceptors (Lipinski definition) is 3. The van der Waals surface area contributed by atoms with Crippen LogP contribution in [0.5, 0.6) is 0 Å². The quantitative estimate of drug-likeness (QED) is 0.855. The van der Waals surface area contributed by atoms with Crippen LogP contribution >= 0.6 is 11.3 Å². The van der Waals surface area contributed by atoms with Crippen LogP contribution in [-0.2, 0) is 4.79 Å². The van der Waals surface area contributed by atoms with E-state index in [1.165, 1.54) is 4.88 Å². The molecule has 1 saturated heterocycles. The first-order valence-corrected chi connectivity index (χ1v) is 8.90. The molecule has 3 nitrogen and oxygen atoms in total. The van der Waals surface area contributed by atoms with Gasteiger partial charge in [0.15, 0.2) is 0 Å². The molecule has 21 heavy (non-hydrogen) atoms. The number of thiophene rings is 1. The fourth-order valence-corrected chi connectivity index (χ4v) is 3.47. The summed E-state index contributed by atoms with van der Waals surface area (Å²) in [6.45, 7) is 9.70. The largest absolute Gasteiger partial charge is 0.321 e. The number of carbonyl (C=O) groups is 1. The van der Waals surface area contributed by atoms with Gasteiger partial charge in [-0.2, -0.15) is 0 Å². The minimum atomic E-state index is -0.00276. The molecule has 1 amide bonds. The highest BCUT2D eigenvalue weighted by Crippen LogP contribution is 2.31. The van der Waals surface area contributed by atoms with Gasteiger partial charge in [-0.25, -0.2) is 0 Å². The van der Waals surface area contributed by atoms with Gasteiger partial charge in [-0.3, -0.25) is 10.1 Å². The Balaban J connectivity index is 2.10. The Morgan fingerprint density at radius 3 is 2.71 bits per heavy atom. The summed E-state index contributed by atoms with van der Waals surface area (Å²) in [6.07, 6.45) is 4.29. The number of rotatable bonds is 6. The molecule has 1 N–H and O–H groups in total. The first kappa shape index (κ1) is 16.5. The summed E-state index contributed by atoms with van der Waals surface area (Å²) >= 11 is 1.73. The van der Waals surface area contributed by atoms with Gasteiger partial charge in [0.1, 0.15) is 6.17 Å². The number of carbonyl (C=O) groups excluding carboxylic acids is 1. The van der Waals surface area contributed by atoms with Gasteiger partial charge >= 0.3 is 0 Å². The van der Waals surface area contributed by atoms with Crippen molar-refractivity contribution in [2.75, 3.05) is 6.54 Å². The van der Waals surface area contributed by atoms with Gasteiger partial charge in [-0.15, -0.1) is 11.3 Å². The van der Waals surface area contributed by atoms with E-state index in [0.717, 1.165) is 32.2 Å². The smallest absolute Gasteiger partial charge is 0.241 e. The van der Waals surface area contributed by atoms with Crippen molar-refractivity contribution < 1.29 is 4.79 Å². The van der Waals surface area contributed by atoms with Gasteiger partial charge in [0.05, 0.1) is 6.04 Å². The van der Waals surface area contributed by atoms with Crippen molar-refractivity contribution in [2.45, 2.75) is 65.6 Å². The second kappa shape index (κ2) is 6.93. The lowest BCUT2D eigenvalue weighted by Gasteiger charge is -2.27. The van der Waals surface area contributed by atoms with Gasteiger partial charge in [-0.1, -0.05) is 46.6 Å². The predicted molar refractivity (Wildman–Crippen MR) is 89.3 cm³/mol. The molecule has 0 bridgehead atoms. The lowest BCUT2D eigenvalue weighted by Crippen LogP contribution is -2.33. The van der Waals surface area contributed by atoms with Crippen LogP contribution < -0.4 is 5.32 Å². The molecule has 1 fully saturated rings. The van der Waals surface area contributed by atoms with Crippen LogP contribution in [0.1, 0.15) is 64.4 Å². The fraction of sp³-hybridized carbons (Fsp3) is 0.706. The molecule has 2 heterocycles. The molecular weight excluding hydrogens is 280 g/mol. The van der Waals surface area contributed by atoms with Gasteiger partial charge in [0.25, 0.3) is 0 Å². The first-order chi connectivity index (χ1) is 9.92. The van der Waals surface area contributed by atoms with Crippen molar-refractivity contribution in [3.05, 3.63) is 22.4 Å². The molecule has 0 spiro atoms. The average Bonchev–Trinajstić information content (AvgIpc) is 3.01. The molecule has 1 aromatic rings. The Labute approximate surface area is 132 Å². The Kier molecular flexibility index (Phi) is 5.44. The topological polar surface area (TPSA) is 32.3 Å². The molecule has 4 heteroatoms. The molecular formula is C17H28N2OS. The monoisotopic (exact) mass is 308 g/mol. The van der Waals surface area contributed by atoms with Crippen LogP contribution in [0.25, 0.3) is 0 Å². The van der Waals surface area contributed by atoms with Crippen molar-refractivity contribution in [1.82, 2.24) is 10.2 Å². The second-order valence-corrected chi connectivity index (χ2v) is 8.10. The maximum Gasteiger partial charge on any atom is 0.241 e. The molecule has 2 unspecified atom stereocenters. The first-order valence-electron chi connectivity index (χ1n) is 8.02. The van der Waals surface area contributed by atoms with Crippen molar-refractivity contribution in [3.8, 4) is 0 Å². The van der Waals surface area contributed by atoms with Crippen molar-refractivity contribution >= 4 is 17.2 Å².